The summed E-state index contributed by atoms with van der Waals surface area (Å²) in [6.07, 6.45) is 2.55. The van der Waals surface area contributed by atoms with Crippen molar-refractivity contribution in [1.29, 1.82) is 0 Å². The highest BCUT2D eigenvalue weighted by molar-refractivity contribution is 9.10. The maximum Gasteiger partial charge on any atom is 0.260 e. The number of nitrogens with zero attached hydrogens (tertiary/aromatic N) is 4. The number of likely N-dealkylation sites (N-methyl/N-ethyl adjacent to an activating group) is 1. The van der Waals surface area contributed by atoms with E-state index < -0.39 is 0 Å². The topological polar surface area (TPSA) is 60.3 Å². The highest BCUT2D eigenvalue weighted by Gasteiger charge is 2.24. The van der Waals surface area contributed by atoms with Crippen LogP contribution in [0.4, 0.5) is 0 Å². The van der Waals surface area contributed by atoms with E-state index in [-0.39, 0.29) is 12.5 Å². The molecular formula is C16H21BrN4O2. The lowest BCUT2D eigenvalue weighted by Crippen LogP contribution is -2.34. The zero-order chi connectivity index (χ0) is 16.4. The Bertz CT molecular complexity index is 707. The zero-order valence-corrected chi connectivity index (χ0v) is 15.0. The van der Waals surface area contributed by atoms with Gasteiger partial charge in [0.2, 0.25) is 0 Å². The third-order valence-electron chi connectivity index (χ3n) is 4.19. The molecule has 0 spiro atoms. The Hall–Kier alpha value is -1.63. The molecule has 0 bridgehead atoms. The van der Waals surface area contributed by atoms with Crippen molar-refractivity contribution in [3.8, 4) is 5.75 Å². The van der Waals surface area contributed by atoms with Gasteiger partial charge in [-0.25, -0.2) is 4.68 Å². The first-order chi connectivity index (χ1) is 11.1. The van der Waals surface area contributed by atoms with E-state index in [0.717, 1.165) is 28.0 Å². The van der Waals surface area contributed by atoms with Crippen molar-refractivity contribution in [1.82, 2.24) is 19.9 Å². The second-order valence-electron chi connectivity index (χ2n) is 5.82. The number of carbonyl (C=O) groups excluding carboxylic acids is 1. The fraction of sp³-hybridized carbons (Fsp3) is 0.562. The van der Waals surface area contributed by atoms with Crippen molar-refractivity contribution in [3.05, 3.63) is 16.6 Å². The summed E-state index contributed by atoms with van der Waals surface area (Å²) in [6, 6.07) is 3.83. The van der Waals surface area contributed by atoms with E-state index >= 15 is 0 Å². The number of benzene rings is 1. The van der Waals surface area contributed by atoms with Crippen LogP contribution < -0.4 is 4.74 Å². The molecule has 1 aliphatic carbocycles. The molecule has 7 heteroatoms. The van der Waals surface area contributed by atoms with Crippen LogP contribution in [0.1, 0.15) is 26.7 Å². The van der Waals surface area contributed by atoms with Crippen molar-refractivity contribution in [2.24, 2.45) is 5.92 Å². The molecule has 0 unspecified atom stereocenters. The average Bonchev–Trinajstić information content (AvgIpc) is 3.27. The van der Waals surface area contributed by atoms with Gasteiger partial charge < -0.3 is 9.64 Å². The van der Waals surface area contributed by atoms with Crippen molar-refractivity contribution in [3.63, 3.8) is 0 Å². The highest BCUT2D eigenvalue weighted by Crippen LogP contribution is 2.34. The van der Waals surface area contributed by atoms with E-state index in [0.29, 0.717) is 18.8 Å². The van der Waals surface area contributed by atoms with Crippen LogP contribution in [0, 0.1) is 5.92 Å². The molecule has 1 aromatic carbocycles. The van der Waals surface area contributed by atoms with Crippen LogP contribution in [0.25, 0.3) is 11.0 Å². The molecule has 2 aromatic rings. The van der Waals surface area contributed by atoms with Crippen LogP contribution in [0.2, 0.25) is 0 Å². The van der Waals surface area contributed by atoms with Crippen LogP contribution >= 0.6 is 15.9 Å². The molecule has 6 nitrogen and oxygen atoms in total. The zero-order valence-electron chi connectivity index (χ0n) is 13.5. The number of aromatic nitrogens is 3. The monoisotopic (exact) mass is 380 g/mol. The second-order valence-corrected chi connectivity index (χ2v) is 6.61. The van der Waals surface area contributed by atoms with Crippen molar-refractivity contribution in [2.75, 3.05) is 19.7 Å². The minimum absolute atomic E-state index is 0.0145. The predicted octanol–water partition coefficient (Wildman–Crippen LogP) is 2.85. The Labute approximate surface area is 143 Å². The summed E-state index contributed by atoms with van der Waals surface area (Å²) < 4.78 is 8.38. The first kappa shape index (κ1) is 16.2. The van der Waals surface area contributed by atoms with E-state index in [1.807, 2.05) is 30.7 Å². The lowest BCUT2D eigenvalue weighted by atomic mass is 10.3. The first-order valence-electron chi connectivity index (χ1n) is 8.06. The minimum atomic E-state index is -0.0145. The molecule has 124 valence electrons. The lowest BCUT2D eigenvalue weighted by Gasteiger charge is -2.18. The third-order valence-corrected chi connectivity index (χ3v) is 4.95. The van der Waals surface area contributed by atoms with Crippen molar-refractivity contribution in [2.45, 2.75) is 33.2 Å². The Balaban J connectivity index is 1.74. The van der Waals surface area contributed by atoms with Gasteiger partial charge in [0.05, 0.1) is 9.99 Å². The van der Waals surface area contributed by atoms with E-state index in [4.69, 9.17) is 4.74 Å². The van der Waals surface area contributed by atoms with Crippen LogP contribution in [0.15, 0.2) is 16.6 Å². The Morgan fingerprint density at radius 3 is 2.78 bits per heavy atom. The fourth-order valence-electron chi connectivity index (χ4n) is 2.58. The van der Waals surface area contributed by atoms with Gasteiger partial charge in [-0.2, -0.15) is 0 Å². The number of hydrogen-bond acceptors (Lipinski definition) is 4. The maximum atomic E-state index is 12.0. The minimum Gasteiger partial charge on any atom is -0.483 e. The van der Waals surface area contributed by atoms with Gasteiger partial charge in [0.25, 0.3) is 5.91 Å². The molecular weight excluding hydrogens is 360 g/mol. The highest BCUT2D eigenvalue weighted by atomic mass is 79.9. The fourth-order valence-corrected chi connectivity index (χ4v) is 3.11. The molecule has 0 radical (unpaired) electrons. The number of carbonyl (C=O) groups is 1. The molecule has 3 rings (SSSR count). The summed E-state index contributed by atoms with van der Waals surface area (Å²) in [6.45, 7) is 6.25. The molecule has 1 saturated carbocycles. The van der Waals surface area contributed by atoms with Gasteiger partial charge in [-0.15, -0.1) is 5.10 Å². The second kappa shape index (κ2) is 6.86. The summed E-state index contributed by atoms with van der Waals surface area (Å²) in [4.78, 5) is 13.8. The number of amides is 1. The molecule has 0 saturated heterocycles. The lowest BCUT2D eigenvalue weighted by molar-refractivity contribution is -0.132. The summed E-state index contributed by atoms with van der Waals surface area (Å²) in [5.41, 5.74) is 1.77. The normalized spacial score (nSPS) is 14.2. The molecule has 1 amide bonds. The largest absolute Gasteiger partial charge is 0.483 e. The number of halogens is 1. The van der Waals surface area contributed by atoms with E-state index in [9.17, 15) is 4.79 Å². The standard InChI is InChI=1S/C16H21BrN4O2/c1-3-20(4-2)14(22)10-23-13-8-7-12-16(15(13)17)18-19-21(12)9-11-5-6-11/h7-8,11H,3-6,9-10H2,1-2H3. The summed E-state index contributed by atoms with van der Waals surface area (Å²) in [5, 5.41) is 8.48. The quantitative estimate of drug-likeness (QED) is 0.740. The predicted molar refractivity (Wildman–Crippen MR) is 91.4 cm³/mol. The number of rotatable bonds is 7. The van der Waals surface area contributed by atoms with Gasteiger partial charge in [-0.05, 0) is 60.7 Å². The molecule has 23 heavy (non-hydrogen) atoms. The van der Waals surface area contributed by atoms with E-state index in [1.165, 1.54) is 12.8 Å². The van der Waals surface area contributed by atoms with E-state index in [1.54, 1.807) is 4.90 Å². The Kier molecular flexibility index (Phi) is 4.84. The smallest absolute Gasteiger partial charge is 0.260 e. The third kappa shape index (κ3) is 3.49. The summed E-state index contributed by atoms with van der Waals surface area (Å²) in [5.74, 6) is 1.34. The SMILES string of the molecule is CCN(CC)C(=O)COc1ccc2c(nnn2CC2CC2)c1Br. The summed E-state index contributed by atoms with van der Waals surface area (Å²) in [7, 11) is 0. The van der Waals surface area contributed by atoms with Crippen molar-refractivity contribution >= 4 is 32.9 Å². The number of ether oxygens (including phenoxy) is 1. The summed E-state index contributed by atoms with van der Waals surface area (Å²) >= 11 is 3.53. The Morgan fingerprint density at radius 1 is 1.39 bits per heavy atom. The molecule has 0 aliphatic heterocycles. The number of hydrogen-bond donors (Lipinski definition) is 0. The van der Waals surface area contributed by atoms with Gasteiger partial charge >= 0.3 is 0 Å². The average molecular weight is 381 g/mol. The van der Waals surface area contributed by atoms with Gasteiger partial charge in [0.1, 0.15) is 11.3 Å². The van der Waals surface area contributed by atoms with Crippen LogP contribution in [-0.2, 0) is 11.3 Å². The van der Waals surface area contributed by atoms with Gasteiger partial charge in [-0.3, -0.25) is 4.79 Å². The van der Waals surface area contributed by atoms with Gasteiger partial charge in [0, 0.05) is 19.6 Å². The molecule has 0 N–H and O–H groups in total. The number of fused-ring (bicyclic) bond motifs is 1. The molecule has 0 atom stereocenters. The van der Waals surface area contributed by atoms with Crippen molar-refractivity contribution < 1.29 is 9.53 Å². The van der Waals surface area contributed by atoms with Gasteiger partial charge in [0.15, 0.2) is 6.61 Å². The first-order valence-corrected chi connectivity index (χ1v) is 8.85. The van der Waals surface area contributed by atoms with Crippen LogP contribution in [-0.4, -0.2) is 45.5 Å². The van der Waals surface area contributed by atoms with Crippen LogP contribution in [0.5, 0.6) is 5.75 Å². The molecule has 1 heterocycles. The van der Waals surface area contributed by atoms with E-state index in [2.05, 4.69) is 26.2 Å². The molecule has 1 fully saturated rings. The van der Waals surface area contributed by atoms with Crippen LogP contribution in [0.3, 0.4) is 0 Å². The maximum absolute atomic E-state index is 12.0. The molecule has 1 aromatic heterocycles. The van der Waals surface area contributed by atoms with Gasteiger partial charge in [-0.1, -0.05) is 5.21 Å². The Morgan fingerprint density at radius 2 is 2.13 bits per heavy atom. The molecule has 1 aliphatic rings.